The molecular formula is C17H14ClFN6O3. The number of carboxylic acids is 1. The lowest BCUT2D eigenvalue weighted by Gasteiger charge is -2.10. The van der Waals surface area contributed by atoms with Crippen molar-refractivity contribution in [1.29, 1.82) is 0 Å². The average molecular weight is 405 g/mol. The predicted octanol–water partition coefficient (Wildman–Crippen LogP) is 2.17. The van der Waals surface area contributed by atoms with Gasteiger partial charge in [-0.25, -0.2) is 9.37 Å². The number of nitrogens with one attached hydrogen (secondary N) is 1. The third-order valence-electron chi connectivity index (χ3n) is 4.36. The molecule has 1 fully saturated rings. The summed E-state index contributed by atoms with van der Waals surface area (Å²) in [7, 11) is 0. The van der Waals surface area contributed by atoms with Crippen LogP contribution in [-0.4, -0.2) is 48.9 Å². The van der Waals surface area contributed by atoms with Crippen LogP contribution in [0, 0.1) is 5.82 Å². The van der Waals surface area contributed by atoms with Crippen molar-refractivity contribution < 1.29 is 19.0 Å². The molecule has 1 aromatic carbocycles. The molecule has 1 aliphatic rings. The Morgan fingerprint density at radius 2 is 2.14 bits per heavy atom. The van der Waals surface area contributed by atoms with Gasteiger partial charge < -0.3 is 15.2 Å². The van der Waals surface area contributed by atoms with Crippen molar-refractivity contribution in [3.8, 4) is 17.3 Å². The lowest BCUT2D eigenvalue weighted by molar-refractivity contribution is -0.139. The number of hydrogen-bond donors (Lipinski definition) is 2. The maximum absolute atomic E-state index is 13.8. The Hall–Kier alpha value is -3.11. The lowest BCUT2D eigenvalue weighted by atomic mass is 10.0. The predicted molar refractivity (Wildman–Crippen MR) is 95.2 cm³/mol. The average Bonchev–Trinajstić information content (AvgIpc) is 3.33. The molecule has 3 aromatic rings. The van der Waals surface area contributed by atoms with Crippen LogP contribution in [0.3, 0.4) is 0 Å². The number of carboxylic acid groups (broad SMARTS) is 1. The van der Waals surface area contributed by atoms with Gasteiger partial charge in [0.1, 0.15) is 11.8 Å². The molecule has 0 aliphatic carbocycles. The summed E-state index contributed by atoms with van der Waals surface area (Å²) in [5.74, 6) is -0.931. The van der Waals surface area contributed by atoms with Crippen LogP contribution >= 0.6 is 11.6 Å². The zero-order valence-corrected chi connectivity index (χ0v) is 15.0. The Morgan fingerprint density at radius 3 is 2.82 bits per heavy atom. The number of nitrogens with zero attached hydrogens (tertiary/aromatic N) is 5. The van der Waals surface area contributed by atoms with Crippen LogP contribution in [-0.2, 0) is 4.79 Å². The van der Waals surface area contributed by atoms with E-state index in [1.54, 1.807) is 28.9 Å². The van der Waals surface area contributed by atoms with E-state index in [1.165, 1.54) is 6.20 Å². The molecule has 4 rings (SSSR count). The SMILES string of the molecule is O=C(O)[C@@H]1C[C@H](c2nnnn2-c2ccc(Oc3ncc(Cl)cc3F)cc2)CN1. The van der Waals surface area contributed by atoms with Crippen LogP contribution in [0.5, 0.6) is 11.6 Å². The van der Waals surface area contributed by atoms with E-state index in [4.69, 9.17) is 21.4 Å². The van der Waals surface area contributed by atoms with Crippen molar-refractivity contribution in [2.45, 2.75) is 18.4 Å². The monoisotopic (exact) mass is 404 g/mol. The minimum Gasteiger partial charge on any atom is -0.480 e. The fourth-order valence-corrected chi connectivity index (χ4v) is 3.14. The van der Waals surface area contributed by atoms with E-state index in [9.17, 15) is 9.18 Å². The first-order valence-corrected chi connectivity index (χ1v) is 8.73. The molecule has 0 amide bonds. The van der Waals surface area contributed by atoms with Gasteiger partial charge in [-0.1, -0.05) is 11.6 Å². The van der Waals surface area contributed by atoms with Crippen LogP contribution in [0.15, 0.2) is 36.5 Å². The van der Waals surface area contributed by atoms with Crippen molar-refractivity contribution in [3.05, 3.63) is 53.2 Å². The highest BCUT2D eigenvalue weighted by Gasteiger charge is 2.33. The van der Waals surface area contributed by atoms with Crippen molar-refractivity contribution in [1.82, 2.24) is 30.5 Å². The molecule has 2 atom stereocenters. The summed E-state index contributed by atoms with van der Waals surface area (Å²) in [4.78, 5) is 14.9. The number of halogens is 2. The third kappa shape index (κ3) is 3.64. The Balaban J connectivity index is 1.52. The Bertz CT molecular complexity index is 1010. The van der Waals surface area contributed by atoms with Crippen LogP contribution < -0.4 is 10.1 Å². The van der Waals surface area contributed by atoms with Gasteiger partial charge in [-0.15, -0.1) is 5.10 Å². The number of hydrogen-bond acceptors (Lipinski definition) is 7. The fraction of sp³-hybridized carbons (Fsp3) is 0.235. The standard InChI is InChI=1S/C17H14ClFN6O3/c18-10-6-13(19)16(21-8-10)28-12-3-1-11(2-4-12)25-15(22-23-24-25)9-5-14(17(26)27)20-7-9/h1-4,6,8-9,14,20H,5,7H2,(H,26,27)/t9-,14-/m0/s1. The number of ether oxygens (including phenoxy) is 1. The molecule has 1 saturated heterocycles. The second-order valence-electron chi connectivity index (χ2n) is 6.22. The van der Waals surface area contributed by atoms with Gasteiger partial charge in [-0.3, -0.25) is 4.79 Å². The molecule has 1 aliphatic heterocycles. The summed E-state index contributed by atoms with van der Waals surface area (Å²) in [5.41, 5.74) is 0.663. The largest absolute Gasteiger partial charge is 0.480 e. The minimum atomic E-state index is -0.897. The molecular weight excluding hydrogens is 391 g/mol. The summed E-state index contributed by atoms with van der Waals surface area (Å²) in [5, 5.41) is 24.0. The molecule has 0 spiro atoms. The first-order valence-electron chi connectivity index (χ1n) is 8.35. The first kappa shape index (κ1) is 18.3. The Labute approximate surface area is 163 Å². The normalized spacial score (nSPS) is 18.9. The number of tetrazole rings is 1. The van der Waals surface area contributed by atoms with Gasteiger partial charge in [0, 0.05) is 18.7 Å². The van der Waals surface area contributed by atoms with Gasteiger partial charge in [-0.05, 0) is 47.2 Å². The molecule has 28 heavy (non-hydrogen) atoms. The number of benzene rings is 1. The molecule has 2 aromatic heterocycles. The smallest absolute Gasteiger partial charge is 0.320 e. The number of aromatic nitrogens is 5. The number of aliphatic carboxylic acids is 1. The minimum absolute atomic E-state index is 0.126. The Kier molecular flexibility index (Phi) is 4.88. The van der Waals surface area contributed by atoms with Gasteiger partial charge >= 0.3 is 5.97 Å². The van der Waals surface area contributed by atoms with Gasteiger partial charge in [0.05, 0.1) is 10.7 Å². The number of pyridine rings is 1. The maximum Gasteiger partial charge on any atom is 0.320 e. The van der Waals surface area contributed by atoms with E-state index in [2.05, 4.69) is 25.8 Å². The quantitative estimate of drug-likeness (QED) is 0.664. The van der Waals surface area contributed by atoms with Gasteiger partial charge in [0.15, 0.2) is 11.6 Å². The van der Waals surface area contributed by atoms with Gasteiger partial charge in [0.25, 0.3) is 5.88 Å². The van der Waals surface area contributed by atoms with Crippen molar-refractivity contribution in [2.24, 2.45) is 0 Å². The third-order valence-corrected chi connectivity index (χ3v) is 4.56. The van der Waals surface area contributed by atoms with Crippen LogP contribution in [0.1, 0.15) is 18.2 Å². The fourth-order valence-electron chi connectivity index (χ4n) is 3.00. The summed E-state index contributed by atoms with van der Waals surface area (Å²) >= 11 is 5.68. The summed E-state index contributed by atoms with van der Waals surface area (Å²) in [6.45, 7) is 0.472. The first-order chi connectivity index (χ1) is 13.5. The molecule has 0 unspecified atom stereocenters. The molecule has 0 saturated carbocycles. The summed E-state index contributed by atoms with van der Waals surface area (Å²) < 4.78 is 20.8. The topological polar surface area (TPSA) is 115 Å². The van der Waals surface area contributed by atoms with Gasteiger partial charge in [-0.2, -0.15) is 4.68 Å². The Morgan fingerprint density at radius 1 is 1.36 bits per heavy atom. The molecule has 11 heteroatoms. The van der Waals surface area contributed by atoms with Crippen LogP contribution in [0.2, 0.25) is 5.02 Å². The molecule has 144 valence electrons. The highest BCUT2D eigenvalue weighted by molar-refractivity contribution is 6.30. The van der Waals surface area contributed by atoms with E-state index >= 15 is 0 Å². The summed E-state index contributed by atoms with van der Waals surface area (Å²) in [6, 6.07) is 7.17. The number of carbonyl (C=O) groups is 1. The van der Waals surface area contributed by atoms with Crippen LogP contribution in [0.4, 0.5) is 4.39 Å². The van der Waals surface area contributed by atoms with Crippen molar-refractivity contribution in [3.63, 3.8) is 0 Å². The zero-order chi connectivity index (χ0) is 19.7. The van der Waals surface area contributed by atoms with E-state index in [0.29, 0.717) is 30.2 Å². The molecule has 0 bridgehead atoms. The van der Waals surface area contributed by atoms with E-state index < -0.39 is 17.8 Å². The van der Waals surface area contributed by atoms with Crippen LogP contribution in [0.25, 0.3) is 5.69 Å². The number of rotatable bonds is 5. The second kappa shape index (κ2) is 7.49. The molecule has 0 radical (unpaired) electrons. The zero-order valence-electron chi connectivity index (χ0n) is 14.3. The second-order valence-corrected chi connectivity index (χ2v) is 6.65. The summed E-state index contributed by atoms with van der Waals surface area (Å²) in [6.07, 6.45) is 1.69. The lowest BCUT2D eigenvalue weighted by Crippen LogP contribution is -2.29. The van der Waals surface area contributed by atoms with Gasteiger partial charge in [0.2, 0.25) is 0 Å². The van der Waals surface area contributed by atoms with E-state index in [-0.39, 0.29) is 16.8 Å². The molecule has 2 N–H and O–H groups in total. The van der Waals surface area contributed by atoms with Crippen molar-refractivity contribution >= 4 is 17.6 Å². The maximum atomic E-state index is 13.8. The van der Waals surface area contributed by atoms with E-state index in [0.717, 1.165) is 6.07 Å². The molecule has 3 heterocycles. The van der Waals surface area contributed by atoms with E-state index in [1.807, 2.05) is 0 Å². The highest BCUT2D eigenvalue weighted by Crippen LogP contribution is 2.28. The highest BCUT2D eigenvalue weighted by atomic mass is 35.5. The molecule has 9 nitrogen and oxygen atoms in total. The van der Waals surface area contributed by atoms with Crippen molar-refractivity contribution in [2.75, 3.05) is 6.54 Å².